The molecule has 6 aromatic rings. The van der Waals surface area contributed by atoms with E-state index in [1.165, 1.54) is 12.9 Å². The lowest BCUT2D eigenvalue weighted by atomic mass is 10.1. The maximum atomic E-state index is 14.5. The molecule has 0 aromatic heterocycles. The molecule has 0 atom stereocenters. The highest BCUT2D eigenvalue weighted by atomic mass is 32.2. The van der Waals surface area contributed by atoms with E-state index in [2.05, 4.69) is 0 Å². The summed E-state index contributed by atoms with van der Waals surface area (Å²) in [6.45, 7) is 5.88. The van der Waals surface area contributed by atoms with E-state index in [0.717, 1.165) is 38.9 Å². The number of hydrogen-bond donors (Lipinski definition) is 0. The molecule has 6 bridgehead atoms. The second-order valence-electron chi connectivity index (χ2n) is 14.5. The van der Waals surface area contributed by atoms with Crippen LogP contribution in [0.5, 0.6) is 0 Å². The number of fused-ring (bicyclic) bond motifs is 6. The van der Waals surface area contributed by atoms with Gasteiger partial charge in [-0.15, -0.1) is 0 Å². The lowest BCUT2D eigenvalue weighted by Gasteiger charge is -2.29. The van der Waals surface area contributed by atoms with Crippen molar-refractivity contribution in [2.45, 2.75) is 61.4 Å². The first-order chi connectivity index (χ1) is 27.2. The van der Waals surface area contributed by atoms with Crippen molar-refractivity contribution in [1.29, 1.82) is 0 Å². The molecule has 1 heterocycles. The van der Waals surface area contributed by atoms with Gasteiger partial charge >= 0.3 is 0 Å². The molecule has 0 unspecified atom stereocenters. The second kappa shape index (κ2) is 16.3. The van der Waals surface area contributed by atoms with Gasteiger partial charge in [0.2, 0.25) is 10.0 Å². The van der Waals surface area contributed by atoms with Crippen molar-refractivity contribution in [2.75, 3.05) is 21.7 Å². The molecule has 9 nitrogen and oxygen atoms in total. The Bertz CT molecular complexity index is 2570. The Balaban J connectivity index is 1.38. The van der Waals surface area contributed by atoms with Gasteiger partial charge in [0.15, 0.2) is 0 Å². The average Bonchev–Trinajstić information content (AvgIpc) is 3.18. The first-order valence-electron chi connectivity index (χ1n) is 18.7. The van der Waals surface area contributed by atoms with Gasteiger partial charge in [-0.25, -0.2) is 25.3 Å². The Morgan fingerprint density at radius 3 is 1.11 bits per heavy atom. The molecule has 0 aliphatic carbocycles. The maximum absolute atomic E-state index is 14.5. The summed E-state index contributed by atoms with van der Waals surface area (Å²) in [5.41, 5.74) is 6.52. The predicted molar refractivity (Wildman–Crippen MR) is 226 cm³/mol. The molecule has 1 aliphatic heterocycles. The first kappa shape index (κ1) is 39.9. The van der Waals surface area contributed by atoms with Crippen LogP contribution >= 0.6 is 0 Å². The van der Waals surface area contributed by atoms with E-state index in [4.69, 9.17) is 0 Å². The van der Waals surface area contributed by atoms with Crippen LogP contribution in [0.4, 0.5) is 11.4 Å². The minimum Gasteiger partial charge on any atom is -0.266 e. The van der Waals surface area contributed by atoms with Crippen LogP contribution in [0.1, 0.15) is 38.9 Å². The Morgan fingerprint density at radius 2 is 0.719 bits per heavy atom. The number of benzene rings is 6. The molecular weight excluding hydrogens is 775 g/mol. The summed E-state index contributed by atoms with van der Waals surface area (Å²) in [6, 6.07) is 41.8. The van der Waals surface area contributed by atoms with E-state index < -0.39 is 30.1 Å². The summed E-state index contributed by atoms with van der Waals surface area (Å²) >= 11 is 0. The van der Waals surface area contributed by atoms with Gasteiger partial charge in [-0.05, 0) is 110 Å². The normalized spacial score (nSPS) is 14.8. The van der Waals surface area contributed by atoms with Crippen molar-refractivity contribution in [3.63, 3.8) is 0 Å². The molecule has 1 aliphatic rings. The summed E-state index contributed by atoms with van der Waals surface area (Å²) in [4.78, 5) is 0.392. The lowest BCUT2D eigenvalue weighted by molar-refractivity contribution is 0.401. The Kier molecular flexibility index (Phi) is 11.4. The molecule has 6 aromatic carbocycles. The number of rotatable bonds is 6. The third-order valence-corrected chi connectivity index (χ3v) is 15.7. The van der Waals surface area contributed by atoms with Gasteiger partial charge < -0.3 is 0 Å². The smallest absolute Gasteiger partial charge is 0.264 e. The minimum atomic E-state index is -4.13. The van der Waals surface area contributed by atoms with Crippen LogP contribution in [0.3, 0.4) is 0 Å². The standard InChI is InChI=1S/C45H45N3O6S3/c1-34-13-19-43(20-14-34)55(49,50)46-32-39-9-4-7-37(29-39)25-27-47(56(51,52)44-21-15-35(2)16-22-44)41-11-6-12-42(31-41)48(28-26-38-8-5-10-40(30-38)33-46)57(53,54)45-23-17-36(3)18-24-45/h4-24,29-31H,25-28,32-33H2,1-3H3. The highest BCUT2D eigenvalue weighted by Gasteiger charge is 2.30. The fourth-order valence-corrected chi connectivity index (χ4v) is 11.3. The Hall–Kier alpha value is -5.27. The Labute approximate surface area is 337 Å². The zero-order valence-corrected chi connectivity index (χ0v) is 34.6. The largest absolute Gasteiger partial charge is 0.266 e. The second-order valence-corrected chi connectivity index (χ2v) is 20.2. The number of anilines is 2. The van der Waals surface area contributed by atoms with Gasteiger partial charge in [-0.1, -0.05) is 108 Å². The molecule has 12 heteroatoms. The molecule has 7 rings (SSSR count). The summed E-state index contributed by atoms with van der Waals surface area (Å²) < 4.78 is 90.8. The Morgan fingerprint density at radius 1 is 0.386 bits per heavy atom. The van der Waals surface area contributed by atoms with Gasteiger partial charge in [0.25, 0.3) is 20.0 Å². The maximum Gasteiger partial charge on any atom is 0.264 e. The fraction of sp³-hybridized carbons (Fsp3) is 0.200. The molecule has 57 heavy (non-hydrogen) atoms. The van der Waals surface area contributed by atoms with Crippen molar-refractivity contribution in [3.05, 3.63) is 185 Å². The fourth-order valence-electron chi connectivity index (χ4n) is 6.98. The highest BCUT2D eigenvalue weighted by molar-refractivity contribution is 7.93. The quantitative estimate of drug-likeness (QED) is 0.168. The monoisotopic (exact) mass is 819 g/mol. The molecular formula is C45H45N3O6S3. The van der Waals surface area contributed by atoms with Crippen molar-refractivity contribution in [1.82, 2.24) is 4.31 Å². The molecule has 0 N–H and O–H groups in total. The van der Waals surface area contributed by atoms with Crippen LogP contribution in [-0.2, 0) is 56.0 Å². The summed E-state index contributed by atoms with van der Waals surface area (Å²) in [5, 5.41) is 0. The average molecular weight is 820 g/mol. The van der Waals surface area contributed by atoms with Crippen LogP contribution in [-0.4, -0.2) is 42.6 Å². The number of aryl methyl sites for hydroxylation is 3. The zero-order valence-electron chi connectivity index (χ0n) is 32.1. The molecule has 0 fully saturated rings. The van der Waals surface area contributed by atoms with Crippen molar-refractivity contribution in [3.8, 4) is 0 Å². The van der Waals surface area contributed by atoms with Crippen LogP contribution in [0.25, 0.3) is 0 Å². The van der Waals surface area contributed by atoms with E-state index in [-0.39, 0.29) is 40.9 Å². The van der Waals surface area contributed by atoms with E-state index in [9.17, 15) is 25.3 Å². The molecule has 0 radical (unpaired) electrons. The van der Waals surface area contributed by atoms with E-state index in [1.807, 2.05) is 69.3 Å². The van der Waals surface area contributed by atoms with Crippen molar-refractivity contribution < 1.29 is 25.3 Å². The van der Waals surface area contributed by atoms with Gasteiger partial charge in [-0.3, -0.25) is 8.61 Å². The van der Waals surface area contributed by atoms with Crippen LogP contribution < -0.4 is 8.61 Å². The van der Waals surface area contributed by atoms with Crippen LogP contribution in [0.15, 0.2) is 160 Å². The topological polar surface area (TPSA) is 112 Å². The number of nitrogens with zero attached hydrogens (tertiary/aromatic N) is 3. The van der Waals surface area contributed by atoms with Crippen molar-refractivity contribution in [2.24, 2.45) is 0 Å². The molecule has 0 saturated heterocycles. The molecule has 0 amide bonds. The minimum absolute atomic E-state index is 0.0315. The first-order valence-corrected chi connectivity index (χ1v) is 23.0. The lowest BCUT2D eigenvalue weighted by Crippen LogP contribution is -2.35. The molecule has 294 valence electrons. The number of hydrogen-bond acceptors (Lipinski definition) is 6. The third kappa shape index (κ3) is 8.84. The zero-order chi connectivity index (χ0) is 40.4. The van der Waals surface area contributed by atoms with Crippen LogP contribution in [0.2, 0.25) is 0 Å². The third-order valence-electron chi connectivity index (χ3n) is 10.2. The van der Waals surface area contributed by atoms with E-state index in [0.29, 0.717) is 24.2 Å². The predicted octanol–water partition coefficient (Wildman–Crippen LogP) is 8.19. The summed E-state index contributed by atoms with van der Waals surface area (Å²) in [7, 11) is -12.2. The van der Waals surface area contributed by atoms with Gasteiger partial charge in [0.1, 0.15) is 0 Å². The summed E-state index contributed by atoms with van der Waals surface area (Å²) in [5.74, 6) is 0. The summed E-state index contributed by atoms with van der Waals surface area (Å²) in [6.07, 6.45) is 0.586. The van der Waals surface area contributed by atoms with Crippen LogP contribution in [0, 0.1) is 20.8 Å². The molecule has 0 spiro atoms. The number of sulfonamides is 3. The van der Waals surface area contributed by atoms with Gasteiger partial charge in [0.05, 0.1) is 26.1 Å². The van der Waals surface area contributed by atoms with Crippen molar-refractivity contribution >= 4 is 41.4 Å². The van der Waals surface area contributed by atoms with E-state index in [1.54, 1.807) is 97.1 Å². The van der Waals surface area contributed by atoms with Gasteiger partial charge in [-0.2, -0.15) is 4.31 Å². The SMILES string of the molecule is Cc1ccc(S(=O)(=O)N2Cc3cccc(c3)CCN(S(=O)(=O)c3ccc(C)cc3)c3cccc(c3)N(S(=O)(=O)c3ccc(C)cc3)CCc3cccc(c3)C2)cc1. The highest BCUT2D eigenvalue weighted by Crippen LogP contribution is 2.32. The molecule has 0 saturated carbocycles. The van der Waals surface area contributed by atoms with Gasteiger partial charge in [0, 0.05) is 26.2 Å². The van der Waals surface area contributed by atoms with E-state index >= 15 is 0 Å².